The summed E-state index contributed by atoms with van der Waals surface area (Å²) in [4.78, 5) is 0. The van der Waals surface area contributed by atoms with E-state index in [1.54, 1.807) is 28.1 Å². The average molecular weight is 1030 g/mol. The summed E-state index contributed by atoms with van der Waals surface area (Å²) in [7, 11) is 13.4. The van der Waals surface area contributed by atoms with E-state index in [0.717, 1.165) is 0 Å². The number of halogens is 2. The Morgan fingerprint density at radius 3 is 0.796 bits per heavy atom. The molecule has 16 heteroatoms. The largest absolute Gasteiger partial charge is 0.443 e. The molecule has 0 rings (SSSR count). The molecule has 0 aliphatic carbocycles. The normalized spacial score (nSPS) is 13.2. The van der Waals surface area contributed by atoms with Crippen molar-refractivity contribution >= 4 is 53.3 Å². The van der Waals surface area contributed by atoms with Crippen LogP contribution in [0.4, 0.5) is 0 Å². The summed E-state index contributed by atoms with van der Waals surface area (Å²) in [5, 5.41) is 18.2. The monoisotopic (exact) mass is 1030 g/mol. The Morgan fingerprint density at radius 1 is 0.389 bits per heavy atom. The van der Waals surface area contributed by atoms with Crippen molar-refractivity contribution in [1.82, 2.24) is 0 Å². The zero-order valence-electron chi connectivity index (χ0n) is 26.6. The lowest BCUT2D eigenvalue weighted by Crippen LogP contribution is -2.31. The minimum absolute atomic E-state index is 0. The number of aliphatic hydroxyl groups is 2. The second-order valence-electron chi connectivity index (χ2n) is 9.74. The summed E-state index contributed by atoms with van der Waals surface area (Å²) in [6, 6.07) is 0. The van der Waals surface area contributed by atoms with Gasteiger partial charge in [0.1, 0.15) is 12.2 Å². The summed E-state index contributed by atoms with van der Waals surface area (Å²) < 4.78 is 52.4. The number of hydrogen-bond donors (Lipinski definition) is 2. The van der Waals surface area contributed by atoms with Gasteiger partial charge in [0.15, 0.2) is 0 Å². The molecule has 0 aliphatic heterocycles. The first-order valence-corrected chi connectivity index (χ1v) is 20.1. The van der Waals surface area contributed by atoms with Crippen LogP contribution in [-0.2, 0) is 47.2 Å². The second kappa shape index (κ2) is 75.0. The molecule has 0 fully saturated rings. The molecule has 0 bridgehead atoms. The Balaban J connectivity index is -0.0000000342. The van der Waals surface area contributed by atoms with Crippen molar-refractivity contribution in [2.24, 2.45) is 0 Å². The van der Waals surface area contributed by atoms with Crippen molar-refractivity contribution in [3.63, 3.8) is 0 Å². The second-order valence-corrected chi connectivity index (χ2v) is 9.74. The Kier molecular flexibility index (Phi) is 139. The SMILES string of the molecule is C.C.C.C.C.C.C.C.C.C.C.C.COC(C)COC(COCC(C)O)COCC(C)O.II.[B]OC(C)COCC(COCC(C)O[B])OCC(C)OC. The molecular weight excluding hydrogens is 924 g/mol. The van der Waals surface area contributed by atoms with Gasteiger partial charge in [-0.3, -0.25) is 0 Å². The van der Waals surface area contributed by atoms with Gasteiger partial charge in [-0.05, 0) is 41.5 Å². The van der Waals surface area contributed by atoms with Crippen LogP contribution in [0.3, 0.4) is 0 Å². The third-order valence-corrected chi connectivity index (χ3v) is 5.04. The Hall–Kier alpha value is 1.11. The number of hydrogen-bond acceptors (Lipinski definition) is 12. The molecule has 0 saturated heterocycles. The van der Waals surface area contributed by atoms with Crippen LogP contribution < -0.4 is 0 Å². The fourth-order valence-corrected chi connectivity index (χ4v) is 2.52. The lowest BCUT2D eigenvalue weighted by Gasteiger charge is -2.22. The first kappa shape index (κ1) is 100. The minimum atomic E-state index is -0.503. The van der Waals surface area contributed by atoms with E-state index in [-0.39, 0.29) is 139 Å². The Labute approximate surface area is 368 Å². The number of aliphatic hydroxyl groups excluding tert-OH is 2. The third-order valence-electron chi connectivity index (χ3n) is 5.04. The van der Waals surface area contributed by atoms with E-state index in [9.17, 15) is 0 Å². The average Bonchev–Trinajstić information content (AvgIpc) is 2.98. The van der Waals surface area contributed by atoms with Crippen LogP contribution in [0.5, 0.6) is 0 Å². The summed E-state index contributed by atoms with van der Waals surface area (Å²) >= 11 is 4.24. The van der Waals surface area contributed by atoms with Crippen LogP contribution in [0.15, 0.2) is 0 Å². The maximum absolute atomic E-state index is 9.12. The van der Waals surface area contributed by atoms with Gasteiger partial charge in [-0.1, -0.05) is 89.1 Å². The van der Waals surface area contributed by atoms with Gasteiger partial charge in [-0.2, -0.15) is 0 Å². The predicted molar refractivity (Wildman–Crippen MR) is 260 cm³/mol. The van der Waals surface area contributed by atoms with Gasteiger partial charge in [0.05, 0.1) is 103 Å². The van der Waals surface area contributed by atoms with Crippen molar-refractivity contribution in [3.05, 3.63) is 0 Å². The van der Waals surface area contributed by atoms with E-state index >= 15 is 0 Å². The van der Waals surface area contributed by atoms with Gasteiger partial charge in [0.2, 0.25) is 0 Å². The molecular formula is C38H102B2I2O12. The number of methoxy groups -OCH3 is 2. The maximum Gasteiger partial charge on any atom is 0.283 e. The van der Waals surface area contributed by atoms with Crippen LogP contribution in [0.25, 0.3) is 0 Å². The molecule has 6 unspecified atom stereocenters. The van der Waals surface area contributed by atoms with Gasteiger partial charge in [-0.25, -0.2) is 0 Å². The molecule has 12 nitrogen and oxygen atoms in total. The van der Waals surface area contributed by atoms with Crippen LogP contribution in [0.1, 0.15) is 131 Å². The van der Waals surface area contributed by atoms with Crippen LogP contribution in [0.2, 0.25) is 0 Å². The molecule has 0 aromatic heterocycles. The topological polar surface area (TPSA) is 133 Å². The summed E-state index contributed by atoms with van der Waals surface area (Å²) in [6.07, 6.45) is -1.80. The molecule has 54 heavy (non-hydrogen) atoms. The van der Waals surface area contributed by atoms with Gasteiger partial charge >= 0.3 is 0 Å². The highest BCUT2D eigenvalue weighted by atomic mass is 128. The molecule has 346 valence electrons. The van der Waals surface area contributed by atoms with Crippen molar-refractivity contribution < 1.29 is 57.4 Å². The van der Waals surface area contributed by atoms with Crippen molar-refractivity contribution in [1.29, 1.82) is 0 Å². The summed E-state index contributed by atoms with van der Waals surface area (Å²) in [5.74, 6) is 0. The minimum Gasteiger partial charge on any atom is -0.443 e. The standard InChI is InChI=1S/C13H26B2O6.C13H28O6.12CH4.I2/c1-10(16-4)7-19-13(8-17-5-11(2)20-14)9-18-6-12(3)21-15;1-10(14)5-17-8-13(9-18-6-11(2)15)19-7-12(3)16-4;;;;;;;;;;;;;1-2/h10-13H,5-9H2,1-4H3;10-15H,5-9H2,1-4H3;12*1H4;. The molecule has 0 aliphatic rings. The van der Waals surface area contributed by atoms with E-state index in [2.05, 4.69) is 46.5 Å². The highest BCUT2D eigenvalue weighted by Gasteiger charge is 2.15. The smallest absolute Gasteiger partial charge is 0.283 e. The van der Waals surface area contributed by atoms with Gasteiger partial charge in [0.25, 0.3) is 16.1 Å². The molecule has 0 amide bonds. The van der Waals surface area contributed by atoms with Crippen LogP contribution in [0, 0.1) is 0 Å². The maximum atomic E-state index is 9.12. The van der Waals surface area contributed by atoms with E-state index in [0.29, 0.717) is 52.9 Å². The molecule has 2 N–H and O–H groups in total. The van der Waals surface area contributed by atoms with E-state index < -0.39 is 12.2 Å². The summed E-state index contributed by atoms with van der Waals surface area (Å²) in [6.45, 7) is 14.4. The number of ether oxygens (including phenoxy) is 8. The van der Waals surface area contributed by atoms with Gasteiger partial charge in [-0.15, -0.1) is 0 Å². The van der Waals surface area contributed by atoms with Crippen molar-refractivity contribution in [2.45, 2.75) is 179 Å². The fraction of sp³-hybridized carbons (Fsp3) is 1.00. The highest BCUT2D eigenvalue weighted by molar-refractivity contribution is 15.0. The third kappa shape index (κ3) is 77.6. The van der Waals surface area contributed by atoms with Crippen molar-refractivity contribution in [2.75, 3.05) is 80.3 Å². The van der Waals surface area contributed by atoms with E-state index in [4.69, 9.17) is 64.2 Å². The van der Waals surface area contributed by atoms with E-state index in [1.807, 2.05) is 27.7 Å². The zero-order valence-corrected chi connectivity index (χ0v) is 30.9. The molecule has 0 spiro atoms. The molecule has 6 atom stereocenters. The lowest BCUT2D eigenvalue weighted by molar-refractivity contribution is -0.0967. The lowest BCUT2D eigenvalue weighted by atomic mass is 10.3. The first-order valence-electron chi connectivity index (χ1n) is 13.8. The van der Waals surface area contributed by atoms with Gasteiger partial charge in [0, 0.05) is 51.5 Å². The molecule has 0 aromatic carbocycles. The molecule has 0 aromatic rings. The highest BCUT2D eigenvalue weighted by Crippen LogP contribution is 2.02. The Morgan fingerprint density at radius 2 is 0.611 bits per heavy atom. The zero-order chi connectivity index (χ0) is 32.8. The van der Waals surface area contributed by atoms with Crippen LogP contribution >= 0.6 is 37.2 Å². The molecule has 0 heterocycles. The first-order chi connectivity index (χ1) is 20.0. The predicted octanol–water partition coefficient (Wildman–Crippen LogP) is 10.0. The van der Waals surface area contributed by atoms with Gasteiger partial charge < -0.3 is 57.4 Å². The quantitative estimate of drug-likeness (QED) is 0.0632. The number of rotatable bonds is 26. The van der Waals surface area contributed by atoms with Crippen LogP contribution in [-0.4, -0.2) is 155 Å². The fourth-order valence-electron chi connectivity index (χ4n) is 2.52. The summed E-state index contributed by atoms with van der Waals surface area (Å²) in [5.41, 5.74) is 0. The molecule has 4 radical (unpaired) electrons. The van der Waals surface area contributed by atoms with Crippen molar-refractivity contribution in [3.8, 4) is 0 Å². The van der Waals surface area contributed by atoms with E-state index in [1.165, 1.54) is 0 Å². The molecule has 0 saturated carbocycles. The Bertz CT molecular complexity index is 511.